The monoisotopic (exact) mass is 630 g/mol. The van der Waals surface area contributed by atoms with Crippen LogP contribution in [0.15, 0.2) is 59.7 Å². The maximum absolute atomic E-state index is 13.9. The molecule has 3 heterocycles. The van der Waals surface area contributed by atoms with E-state index in [0.717, 1.165) is 30.2 Å². The number of hydrogen-bond donors (Lipinski definition) is 1. The predicted octanol–water partition coefficient (Wildman–Crippen LogP) is 6.67. The number of anilines is 1. The summed E-state index contributed by atoms with van der Waals surface area (Å²) in [6.07, 6.45) is -2.73. The van der Waals surface area contributed by atoms with Gasteiger partial charge in [0.1, 0.15) is 24.1 Å². The Morgan fingerprint density at radius 3 is 2.48 bits per heavy atom. The third kappa shape index (κ3) is 6.45. The molecule has 44 heavy (non-hydrogen) atoms. The maximum Gasteiger partial charge on any atom is 0.412 e. The lowest BCUT2D eigenvalue weighted by atomic mass is 9.86. The van der Waals surface area contributed by atoms with Crippen molar-refractivity contribution in [3.8, 4) is 17.0 Å². The van der Waals surface area contributed by atoms with Crippen molar-refractivity contribution in [3.05, 3.63) is 76.3 Å². The number of carbonyl (C=O) groups excluding carboxylic acids is 1. The summed E-state index contributed by atoms with van der Waals surface area (Å²) in [6, 6.07) is 13.1. The van der Waals surface area contributed by atoms with Crippen LogP contribution in [0.3, 0.4) is 0 Å². The highest BCUT2D eigenvalue weighted by Crippen LogP contribution is 2.40. The Balaban J connectivity index is 1.34. The molecule has 2 atom stereocenters. The Hall–Kier alpha value is -4.32. The number of aryl methyl sites for hydroxylation is 1. The molecule has 1 saturated heterocycles. The third-order valence-corrected chi connectivity index (χ3v) is 8.17. The van der Waals surface area contributed by atoms with Crippen LogP contribution in [0.4, 0.5) is 23.8 Å². The van der Waals surface area contributed by atoms with Crippen LogP contribution >= 0.6 is 11.6 Å². The number of alkyl halides is 3. The fourth-order valence-corrected chi connectivity index (χ4v) is 5.92. The molecule has 9 nitrogen and oxygen atoms in total. The van der Waals surface area contributed by atoms with E-state index in [-0.39, 0.29) is 24.2 Å². The second-order valence-corrected chi connectivity index (χ2v) is 11.1. The van der Waals surface area contributed by atoms with Crippen molar-refractivity contribution in [2.45, 2.75) is 44.5 Å². The molecule has 1 N–H and O–H groups in total. The first-order valence-electron chi connectivity index (χ1n) is 13.9. The summed E-state index contributed by atoms with van der Waals surface area (Å²) in [5, 5.41) is 13.9. The summed E-state index contributed by atoms with van der Waals surface area (Å²) in [5.74, 6) is -3.04. The number of benzene rings is 2. The first-order chi connectivity index (χ1) is 21.0. The lowest BCUT2D eigenvalue weighted by molar-refractivity contribution is -0.166. The van der Waals surface area contributed by atoms with Crippen molar-refractivity contribution < 1.29 is 37.3 Å². The van der Waals surface area contributed by atoms with E-state index in [9.17, 15) is 27.9 Å². The molecule has 2 aliphatic rings. The topological polar surface area (TPSA) is 105 Å². The summed E-state index contributed by atoms with van der Waals surface area (Å²) in [6.45, 7) is 3.47. The Morgan fingerprint density at radius 1 is 1.09 bits per heavy atom. The van der Waals surface area contributed by atoms with Gasteiger partial charge in [-0.2, -0.15) is 18.3 Å². The molecule has 0 bridgehead atoms. The van der Waals surface area contributed by atoms with Crippen molar-refractivity contribution in [1.82, 2.24) is 9.88 Å². The van der Waals surface area contributed by atoms with E-state index < -0.39 is 24.1 Å². The second-order valence-electron chi connectivity index (χ2n) is 10.7. The van der Waals surface area contributed by atoms with E-state index in [0.29, 0.717) is 40.4 Å². The molecule has 1 aromatic heterocycles. The van der Waals surface area contributed by atoms with Crippen molar-refractivity contribution >= 4 is 35.7 Å². The largest absolute Gasteiger partial charge is 0.487 e. The zero-order valence-corrected chi connectivity index (χ0v) is 24.7. The number of carboxylic acids is 1. The molecule has 13 heteroatoms. The Bertz CT molecular complexity index is 1580. The van der Waals surface area contributed by atoms with Gasteiger partial charge in [0.25, 0.3) is 0 Å². The fourth-order valence-electron chi connectivity index (χ4n) is 5.69. The number of carboxylic acid groups (broad SMARTS) is 1. The molecule has 2 aliphatic heterocycles. The molecular weight excluding hydrogens is 601 g/mol. The zero-order valence-electron chi connectivity index (χ0n) is 23.9. The molecule has 1 fully saturated rings. The fraction of sp³-hybridized carbons (Fsp3) is 0.355. The number of amides is 1. The van der Waals surface area contributed by atoms with Gasteiger partial charge in [0.15, 0.2) is 6.04 Å². The number of aromatic nitrogens is 1. The molecular formula is C31H30ClF3N4O5. The molecule has 0 radical (unpaired) electrons. The number of pyridine rings is 1. The van der Waals surface area contributed by atoms with E-state index in [1.54, 1.807) is 29.2 Å². The van der Waals surface area contributed by atoms with Crippen molar-refractivity contribution in [2.24, 2.45) is 11.0 Å². The number of halogens is 4. The Kier molecular flexibility index (Phi) is 9.00. The average molecular weight is 631 g/mol. The second kappa shape index (κ2) is 12.7. The standard InChI is InChI=1S/C31H30ClF3N4O5/c1-18-15-19(9-10-21(18)20-11-13-38(14-12-20)30(42)43-2)17-44-27-22(5-3-6-24(27)32)25-7-4-8-26(37-25)39-28(31(33,34)35)23(16-36-39)29(40)41/h3-10,15-16,20,23,28H,11-14,17H2,1-2H3,(H,40,41)/t23-,28?/m1/s1. The smallest absolute Gasteiger partial charge is 0.412 e. The van der Waals surface area contributed by atoms with Crippen molar-refractivity contribution in [3.63, 3.8) is 0 Å². The van der Waals surface area contributed by atoms with Gasteiger partial charge in [-0.05, 0) is 66.6 Å². The number of aliphatic carboxylic acids is 1. The van der Waals surface area contributed by atoms with Gasteiger partial charge >= 0.3 is 18.2 Å². The van der Waals surface area contributed by atoms with Gasteiger partial charge in [-0.15, -0.1) is 0 Å². The first kappa shape index (κ1) is 31.1. The number of para-hydroxylation sites is 1. The van der Waals surface area contributed by atoms with E-state index in [4.69, 9.17) is 21.1 Å². The van der Waals surface area contributed by atoms with Crippen LogP contribution < -0.4 is 9.75 Å². The van der Waals surface area contributed by atoms with Gasteiger partial charge in [-0.1, -0.05) is 41.9 Å². The molecule has 0 spiro atoms. The van der Waals surface area contributed by atoms with Crippen LogP contribution in [0.25, 0.3) is 11.3 Å². The number of rotatable bonds is 7. The van der Waals surface area contributed by atoms with Gasteiger partial charge in [0.05, 0.1) is 17.8 Å². The minimum atomic E-state index is -4.87. The predicted molar refractivity (Wildman–Crippen MR) is 158 cm³/mol. The number of hydrazone groups is 1. The molecule has 3 aromatic rings. The van der Waals surface area contributed by atoms with Gasteiger partial charge in [-0.25, -0.2) is 14.8 Å². The average Bonchev–Trinajstić information content (AvgIpc) is 3.47. The van der Waals surface area contributed by atoms with E-state index in [2.05, 4.69) is 16.2 Å². The maximum atomic E-state index is 13.9. The molecule has 2 aromatic carbocycles. The number of nitrogens with zero attached hydrogens (tertiary/aromatic N) is 4. The normalized spacial score (nSPS) is 18.9. The Morgan fingerprint density at radius 2 is 1.82 bits per heavy atom. The highest BCUT2D eigenvalue weighted by atomic mass is 35.5. The van der Waals surface area contributed by atoms with Crippen LogP contribution in [0.2, 0.25) is 5.02 Å². The molecule has 1 amide bonds. The minimum absolute atomic E-state index is 0.167. The summed E-state index contributed by atoms with van der Waals surface area (Å²) in [7, 11) is 1.38. The van der Waals surface area contributed by atoms with E-state index in [1.807, 2.05) is 19.1 Å². The molecule has 0 saturated carbocycles. The molecule has 0 aliphatic carbocycles. The zero-order chi connectivity index (χ0) is 31.6. The van der Waals surface area contributed by atoms with Crippen molar-refractivity contribution in [2.75, 3.05) is 25.2 Å². The van der Waals surface area contributed by atoms with Crippen LogP contribution in [0.1, 0.15) is 35.4 Å². The SMILES string of the molecule is COC(=O)N1CCC(c2ccc(COc3c(Cl)cccc3-c3cccc(N4N=C[C@@H](C(=O)O)C4C(F)(F)F)n3)cc2C)CC1. The highest BCUT2D eigenvalue weighted by molar-refractivity contribution is 6.32. The van der Waals surface area contributed by atoms with Gasteiger partial charge in [0.2, 0.25) is 0 Å². The van der Waals surface area contributed by atoms with Gasteiger partial charge in [-0.3, -0.25) is 4.79 Å². The Labute approximate surface area is 256 Å². The van der Waals surface area contributed by atoms with Gasteiger partial charge < -0.3 is 19.5 Å². The minimum Gasteiger partial charge on any atom is -0.487 e. The van der Waals surface area contributed by atoms with Crippen LogP contribution in [-0.4, -0.2) is 65.7 Å². The number of hydrogen-bond acceptors (Lipinski definition) is 7. The van der Waals surface area contributed by atoms with Crippen LogP contribution in [0.5, 0.6) is 5.75 Å². The van der Waals surface area contributed by atoms with E-state index >= 15 is 0 Å². The quantitative estimate of drug-likeness (QED) is 0.311. The molecule has 232 valence electrons. The highest BCUT2D eigenvalue weighted by Gasteiger charge is 2.54. The van der Waals surface area contributed by atoms with E-state index in [1.165, 1.54) is 24.8 Å². The summed E-state index contributed by atoms with van der Waals surface area (Å²) >= 11 is 6.51. The van der Waals surface area contributed by atoms with Gasteiger partial charge in [0, 0.05) is 24.9 Å². The molecule has 5 rings (SSSR count). The summed E-state index contributed by atoms with van der Waals surface area (Å²) < 4.78 is 52.6. The molecule has 1 unspecified atom stereocenters. The van der Waals surface area contributed by atoms with Crippen LogP contribution in [-0.2, 0) is 16.1 Å². The summed E-state index contributed by atoms with van der Waals surface area (Å²) in [5.41, 5.74) is 3.93. The van der Waals surface area contributed by atoms with Crippen molar-refractivity contribution in [1.29, 1.82) is 0 Å². The first-order valence-corrected chi connectivity index (χ1v) is 14.3. The lowest BCUT2D eigenvalue weighted by Gasteiger charge is -2.32. The number of likely N-dealkylation sites (tertiary alicyclic amines) is 1. The third-order valence-electron chi connectivity index (χ3n) is 7.87. The summed E-state index contributed by atoms with van der Waals surface area (Å²) in [4.78, 5) is 29.4. The number of ether oxygens (including phenoxy) is 2. The number of carbonyl (C=O) groups is 2. The number of methoxy groups -OCH3 is 1. The lowest BCUT2D eigenvalue weighted by Crippen LogP contribution is -2.47. The number of piperidine rings is 1. The van der Waals surface area contributed by atoms with Crippen LogP contribution in [0, 0.1) is 12.8 Å².